The number of hydrazone groups is 1. The van der Waals surface area contributed by atoms with Gasteiger partial charge in [-0.15, -0.1) is 0 Å². The minimum atomic E-state index is -0.519. The normalized spacial score (nSPS) is 10.7. The highest BCUT2D eigenvalue weighted by molar-refractivity contribution is 6.31. The van der Waals surface area contributed by atoms with E-state index in [-0.39, 0.29) is 6.42 Å². The molecule has 32 heavy (non-hydrogen) atoms. The van der Waals surface area contributed by atoms with Crippen molar-refractivity contribution in [2.24, 2.45) is 5.10 Å². The summed E-state index contributed by atoms with van der Waals surface area (Å²) in [5, 5.41) is 7.07. The minimum Gasteiger partial charge on any atom is -0.489 e. The SMILES string of the molecule is Cc1ccc(COc2ccc(C=NNC(=O)CC(=O)Nc3ccc(C)c(Cl)c3)cc2)cc1. The van der Waals surface area contributed by atoms with Crippen LogP contribution in [0.2, 0.25) is 5.02 Å². The third kappa shape index (κ3) is 7.25. The highest BCUT2D eigenvalue weighted by Gasteiger charge is 2.09. The molecule has 3 aromatic carbocycles. The van der Waals surface area contributed by atoms with Crippen molar-refractivity contribution in [3.8, 4) is 5.75 Å². The summed E-state index contributed by atoms with van der Waals surface area (Å²) in [5.41, 5.74) is 6.87. The van der Waals surface area contributed by atoms with E-state index in [0.717, 1.165) is 22.4 Å². The highest BCUT2D eigenvalue weighted by atomic mass is 35.5. The number of carbonyl (C=O) groups is 2. The van der Waals surface area contributed by atoms with E-state index in [2.05, 4.69) is 15.8 Å². The van der Waals surface area contributed by atoms with Crippen LogP contribution in [0.4, 0.5) is 5.69 Å². The number of aryl methyl sites for hydroxylation is 2. The van der Waals surface area contributed by atoms with Crippen LogP contribution < -0.4 is 15.5 Å². The Labute approximate surface area is 192 Å². The number of hydrogen-bond donors (Lipinski definition) is 2. The van der Waals surface area contributed by atoms with Gasteiger partial charge in [0.1, 0.15) is 18.8 Å². The van der Waals surface area contributed by atoms with Gasteiger partial charge in [-0.2, -0.15) is 5.10 Å². The molecular formula is C25H24ClN3O3. The number of nitrogens with zero attached hydrogens (tertiary/aromatic N) is 1. The molecule has 0 saturated heterocycles. The van der Waals surface area contributed by atoms with Gasteiger partial charge < -0.3 is 10.1 Å². The fourth-order valence-electron chi connectivity index (χ4n) is 2.74. The number of anilines is 1. The molecule has 3 rings (SSSR count). The first-order valence-electron chi connectivity index (χ1n) is 10.1. The third-order valence-electron chi connectivity index (χ3n) is 4.59. The summed E-state index contributed by atoms with van der Waals surface area (Å²) in [4.78, 5) is 23.9. The maximum atomic E-state index is 12.0. The average Bonchev–Trinajstić information content (AvgIpc) is 2.77. The molecule has 3 aromatic rings. The molecule has 0 aliphatic carbocycles. The lowest BCUT2D eigenvalue weighted by Gasteiger charge is -2.07. The third-order valence-corrected chi connectivity index (χ3v) is 4.99. The Kier molecular flexibility index (Phi) is 8.00. The van der Waals surface area contributed by atoms with Crippen LogP contribution in [-0.4, -0.2) is 18.0 Å². The Bertz CT molecular complexity index is 1110. The summed E-state index contributed by atoms with van der Waals surface area (Å²) >= 11 is 6.03. The smallest absolute Gasteiger partial charge is 0.249 e. The second-order valence-corrected chi connectivity index (χ2v) is 7.73. The van der Waals surface area contributed by atoms with Gasteiger partial charge in [-0.25, -0.2) is 5.43 Å². The molecule has 0 aliphatic rings. The molecule has 2 N–H and O–H groups in total. The molecule has 0 fully saturated rings. The zero-order chi connectivity index (χ0) is 22.9. The van der Waals surface area contributed by atoms with Crippen molar-refractivity contribution in [3.05, 3.63) is 94.0 Å². The molecule has 0 saturated carbocycles. The number of nitrogens with one attached hydrogen (secondary N) is 2. The monoisotopic (exact) mass is 449 g/mol. The van der Waals surface area contributed by atoms with Crippen LogP contribution in [0, 0.1) is 13.8 Å². The van der Waals surface area contributed by atoms with E-state index in [1.807, 2.05) is 62.4 Å². The first-order valence-corrected chi connectivity index (χ1v) is 10.4. The number of halogens is 1. The van der Waals surface area contributed by atoms with Gasteiger partial charge in [0.2, 0.25) is 11.8 Å². The van der Waals surface area contributed by atoms with Gasteiger partial charge >= 0.3 is 0 Å². The number of amides is 2. The largest absolute Gasteiger partial charge is 0.489 e. The van der Waals surface area contributed by atoms with Crippen molar-refractivity contribution in [1.82, 2.24) is 5.43 Å². The Morgan fingerprint density at radius 3 is 2.38 bits per heavy atom. The van der Waals surface area contributed by atoms with E-state index in [1.165, 1.54) is 11.8 Å². The number of carbonyl (C=O) groups excluding carboxylic acids is 2. The molecular weight excluding hydrogens is 426 g/mol. The lowest BCUT2D eigenvalue weighted by Crippen LogP contribution is -2.24. The van der Waals surface area contributed by atoms with Gasteiger partial charge in [-0.05, 0) is 66.9 Å². The fraction of sp³-hybridized carbons (Fsp3) is 0.160. The van der Waals surface area contributed by atoms with Crippen molar-refractivity contribution >= 4 is 35.3 Å². The molecule has 6 nitrogen and oxygen atoms in total. The lowest BCUT2D eigenvalue weighted by atomic mass is 10.2. The predicted molar refractivity (Wildman–Crippen MR) is 127 cm³/mol. The Morgan fingerprint density at radius 1 is 0.969 bits per heavy atom. The van der Waals surface area contributed by atoms with Crippen molar-refractivity contribution in [3.63, 3.8) is 0 Å². The standard InChI is InChI=1S/C25H24ClN3O3/c1-17-3-6-20(7-4-17)16-32-22-11-8-19(9-12-22)15-27-29-25(31)14-24(30)28-21-10-5-18(2)23(26)13-21/h3-13,15H,14,16H2,1-2H3,(H,28,30)(H,29,31). The van der Waals surface area contributed by atoms with E-state index < -0.39 is 11.8 Å². The van der Waals surface area contributed by atoms with Crippen molar-refractivity contribution < 1.29 is 14.3 Å². The Morgan fingerprint density at radius 2 is 1.69 bits per heavy atom. The molecule has 0 atom stereocenters. The van der Waals surface area contributed by atoms with Gasteiger partial charge in [-0.1, -0.05) is 47.5 Å². The summed E-state index contributed by atoms with van der Waals surface area (Å²) in [6, 6.07) is 20.6. The minimum absolute atomic E-state index is 0.353. The van der Waals surface area contributed by atoms with Gasteiger partial charge in [0.15, 0.2) is 0 Å². The maximum absolute atomic E-state index is 12.0. The van der Waals surface area contributed by atoms with Crippen LogP contribution >= 0.6 is 11.6 Å². The molecule has 0 spiro atoms. The summed E-state index contributed by atoms with van der Waals surface area (Å²) in [7, 11) is 0. The first kappa shape index (κ1) is 23.0. The summed E-state index contributed by atoms with van der Waals surface area (Å²) < 4.78 is 5.77. The van der Waals surface area contributed by atoms with E-state index in [1.54, 1.807) is 18.2 Å². The second-order valence-electron chi connectivity index (χ2n) is 7.33. The molecule has 0 bridgehead atoms. The van der Waals surface area contributed by atoms with Crippen molar-refractivity contribution in [1.29, 1.82) is 0 Å². The number of rotatable bonds is 8. The topological polar surface area (TPSA) is 79.8 Å². The molecule has 0 unspecified atom stereocenters. The average molecular weight is 450 g/mol. The van der Waals surface area contributed by atoms with Crippen LogP contribution in [0.15, 0.2) is 71.8 Å². The fourth-order valence-corrected chi connectivity index (χ4v) is 2.92. The Balaban J connectivity index is 1.42. The molecule has 7 heteroatoms. The molecule has 0 heterocycles. The quantitative estimate of drug-likeness (QED) is 0.288. The molecule has 2 amide bonds. The van der Waals surface area contributed by atoms with Gasteiger partial charge in [0.25, 0.3) is 0 Å². The molecule has 0 aromatic heterocycles. The van der Waals surface area contributed by atoms with Crippen LogP contribution in [-0.2, 0) is 16.2 Å². The van der Waals surface area contributed by atoms with Gasteiger partial charge in [0.05, 0.1) is 6.21 Å². The van der Waals surface area contributed by atoms with Crippen LogP contribution in [0.5, 0.6) is 5.75 Å². The predicted octanol–water partition coefficient (Wildman–Crippen LogP) is 5.01. The van der Waals surface area contributed by atoms with Crippen LogP contribution in [0.25, 0.3) is 0 Å². The number of hydrogen-bond acceptors (Lipinski definition) is 4. The summed E-state index contributed by atoms with van der Waals surface area (Å²) in [6.07, 6.45) is 1.15. The molecule has 164 valence electrons. The van der Waals surface area contributed by atoms with Gasteiger partial charge in [0, 0.05) is 10.7 Å². The second kappa shape index (κ2) is 11.1. The van der Waals surface area contributed by atoms with E-state index >= 15 is 0 Å². The Hall–Kier alpha value is -3.64. The zero-order valence-electron chi connectivity index (χ0n) is 17.9. The van der Waals surface area contributed by atoms with E-state index in [4.69, 9.17) is 16.3 Å². The summed E-state index contributed by atoms with van der Waals surface area (Å²) in [6.45, 7) is 4.40. The zero-order valence-corrected chi connectivity index (χ0v) is 18.6. The van der Waals surface area contributed by atoms with E-state index in [9.17, 15) is 9.59 Å². The number of ether oxygens (including phenoxy) is 1. The van der Waals surface area contributed by atoms with Crippen molar-refractivity contribution in [2.45, 2.75) is 26.9 Å². The lowest BCUT2D eigenvalue weighted by molar-refractivity contribution is -0.126. The van der Waals surface area contributed by atoms with Crippen LogP contribution in [0.3, 0.4) is 0 Å². The molecule has 0 aliphatic heterocycles. The van der Waals surface area contributed by atoms with Gasteiger partial charge in [-0.3, -0.25) is 9.59 Å². The summed E-state index contributed by atoms with van der Waals surface area (Å²) in [5.74, 6) is -0.234. The molecule has 0 radical (unpaired) electrons. The highest BCUT2D eigenvalue weighted by Crippen LogP contribution is 2.20. The van der Waals surface area contributed by atoms with E-state index in [0.29, 0.717) is 17.3 Å². The maximum Gasteiger partial charge on any atom is 0.249 e. The van der Waals surface area contributed by atoms with Crippen LogP contribution in [0.1, 0.15) is 28.7 Å². The first-order chi connectivity index (χ1) is 15.4. The van der Waals surface area contributed by atoms with Crippen molar-refractivity contribution in [2.75, 3.05) is 5.32 Å². The number of benzene rings is 3.